The number of likely N-dealkylation sites (N-methyl/N-ethyl adjacent to an activating group) is 1. The maximum Gasteiger partial charge on any atom is 0.0794 e. The molecule has 4 nitrogen and oxygen atoms in total. The highest BCUT2D eigenvalue weighted by Gasteiger charge is 2.15. The molecule has 2 heterocycles. The molecule has 0 spiro atoms. The van der Waals surface area contributed by atoms with Gasteiger partial charge in [-0.25, -0.2) is 0 Å². The van der Waals surface area contributed by atoms with Gasteiger partial charge in [-0.15, -0.1) is 11.3 Å². The van der Waals surface area contributed by atoms with Crippen molar-refractivity contribution in [1.82, 2.24) is 20.1 Å². The Morgan fingerprint density at radius 3 is 2.81 bits per heavy atom. The lowest BCUT2D eigenvalue weighted by atomic mass is 10.0. The van der Waals surface area contributed by atoms with E-state index < -0.39 is 0 Å². The first kappa shape index (κ1) is 11.3. The number of hydrogen-bond donors (Lipinski definition) is 1. The SMILES string of the molecule is CNC(Cc1cncs1)c1cnn(C)c1C. The Morgan fingerprint density at radius 2 is 2.31 bits per heavy atom. The van der Waals surface area contributed by atoms with Gasteiger partial charge in [-0.2, -0.15) is 5.10 Å². The fraction of sp³-hybridized carbons (Fsp3) is 0.455. The van der Waals surface area contributed by atoms with Gasteiger partial charge < -0.3 is 5.32 Å². The van der Waals surface area contributed by atoms with Gasteiger partial charge in [0.05, 0.1) is 11.7 Å². The summed E-state index contributed by atoms with van der Waals surface area (Å²) in [5, 5.41) is 7.62. The van der Waals surface area contributed by atoms with Gasteiger partial charge in [0.2, 0.25) is 0 Å². The van der Waals surface area contributed by atoms with Gasteiger partial charge >= 0.3 is 0 Å². The van der Waals surface area contributed by atoms with Crippen LogP contribution in [0.5, 0.6) is 0 Å². The molecular formula is C11H16N4S. The molecule has 0 aliphatic rings. The zero-order valence-electron chi connectivity index (χ0n) is 9.77. The van der Waals surface area contributed by atoms with E-state index in [0.717, 1.165) is 6.42 Å². The lowest BCUT2D eigenvalue weighted by Gasteiger charge is -2.14. The monoisotopic (exact) mass is 236 g/mol. The number of aryl methyl sites for hydroxylation is 1. The first-order valence-electron chi connectivity index (χ1n) is 5.25. The Morgan fingerprint density at radius 1 is 1.50 bits per heavy atom. The molecule has 0 aliphatic carbocycles. The summed E-state index contributed by atoms with van der Waals surface area (Å²) < 4.78 is 1.91. The summed E-state index contributed by atoms with van der Waals surface area (Å²) in [5.74, 6) is 0. The molecule has 1 N–H and O–H groups in total. The molecule has 2 aromatic heterocycles. The average Bonchev–Trinajstić information content (AvgIpc) is 2.88. The summed E-state index contributed by atoms with van der Waals surface area (Å²) in [7, 11) is 3.95. The molecular weight excluding hydrogens is 220 g/mol. The fourth-order valence-electron chi connectivity index (χ4n) is 1.77. The minimum absolute atomic E-state index is 0.314. The molecule has 0 radical (unpaired) electrons. The van der Waals surface area contributed by atoms with Gasteiger partial charge in [-0.1, -0.05) is 0 Å². The maximum atomic E-state index is 4.28. The van der Waals surface area contributed by atoms with Crippen LogP contribution in [0.25, 0.3) is 0 Å². The van der Waals surface area contributed by atoms with Crippen LogP contribution in [0.1, 0.15) is 22.2 Å². The van der Waals surface area contributed by atoms with E-state index in [9.17, 15) is 0 Å². The smallest absolute Gasteiger partial charge is 0.0794 e. The van der Waals surface area contributed by atoms with Crippen molar-refractivity contribution in [2.75, 3.05) is 7.05 Å². The van der Waals surface area contributed by atoms with Crippen LogP contribution in [0.3, 0.4) is 0 Å². The number of thiazole rings is 1. The van der Waals surface area contributed by atoms with Crippen LogP contribution in [-0.4, -0.2) is 21.8 Å². The zero-order chi connectivity index (χ0) is 11.5. The predicted octanol–water partition coefficient (Wildman–Crippen LogP) is 1.69. The molecule has 0 saturated heterocycles. The van der Waals surface area contributed by atoms with E-state index in [4.69, 9.17) is 0 Å². The van der Waals surface area contributed by atoms with Crippen molar-refractivity contribution in [1.29, 1.82) is 0 Å². The summed E-state index contributed by atoms with van der Waals surface area (Å²) in [6, 6.07) is 0.314. The number of rotatable bonds is 4. The first-order valence-corrected chi connectivity index (χ1v) is 6.13. The number of hydrogen-bond acceptors (Lipinski definition) is 4. The van der Waals surface area contributed by atoms with Crippen LogP contribution < -0.4 is 5.32 Å². The fourth-order valence-corrected chi connectivity index (χ4v) is 2.41. The Labute approximate surface area is 99.3 Å². The van der Waals surface area contributed by atoms with Crippen LogP contribution in [-0.2, 0) is 13.5 Å². The molecule has 16 heavy (non-hydrogen) atoms. The second kappa shape index (κ2) is 4.76. The lowest BCUT2D eigenvalue weighted by molar-refractivity contribution is 0.590. The van der Waals surface area contributed by atoms with E-state index in [1.165, 1.54) is 16.1 Å². The summed E-state index contributed by atoms with van der Waals surface area (Å²) in [6.45, 7) is 2.10. The molecule has 1 atom stereocenters. The van der Waals surface area contributed by atoms with Gasteiger partial charge in [-0.3, -0.25) is 9.67 Å². The Hall–Kier alpha value is -1.20. The van der Waals surface area contributed by atoms with Gasteiger partial charge in [0.1, 0.15) is 0 Å². The van der Waals surface area contributed by atoms with Crippen LogP contribution in [0.2, 0.25) is 0 Å². The minimum Gasteiger partial charge on any atom is -0.313 e. The topological polar surface area (TPSA) is 42.7 Å². The largest absolute Gasteiger partial charge is 0.313 e. The van der Waals surface area contributed by atoms with Crippen LogP contribution in [0.15, 0.2) is 17.9 Å². The van der Waals surface area contributed by atoms with Crippen molar-refractivity contribution in [3.63, 3.8) is 0 Å². The molecule has 86 valence electrons. The van der Waals surface area contributed by atoms with E-state index in [2.05, 4.69) is 22.3 Å². The standard InChI is InChI=1S/C11H16N4S/c1-8-10(6-14-15(8)3)11(12-2)4-9-5-13-7-16-9/h5-7,11-12H,4H2,1-3H3. The minimum atomic E-state index is 0.314. The number of nitrogens with zero attached hydrogens (tertiary/aromatic N) is 3. The third-order valence-electron chi connectivity index (χ3n) is 2.89. The second-order valence-electron chi connectivity index (χ2n) is 3.82. The van der Waals surface area contributed by atoms with E-state index in [0.29, 0.717) is 6.04 Å². The molecule has 1 unspecified atom stereocenters. The van der Waals surface area contributed by atoms with Crippen molar-refractivity contribution >= 4 is 11.3 Å². The summed E-state index contributed by atoms with van der Waals surface area (Å²) in [4.78, 5) is 5.39. The normalized spacial score (nSPS) is 12.9. The Bertz CT molecular complexity index is 447. The van der Waals surface area contributed by atoms with Gasteiger partial charge in [0.15, 0.2) is 0 Å². The van der Waals surface area contributed by atoms with Crippen molar-refractivity contribution in [2.45, 2.75) is 19.4 Å². The number of nitrogens with one attached hydrogen (secondary N) is 1. The summed E-state index contributed by atoms with van der Waals surface area (Å²) >= 11 is 1.70. The molecule has 0 bridgehead atoms. The Balaban J connectivity index is 2.20. The predicted molar refractivity (Wildman–Crippen MR) is 65.6 cm³/mol. The third-order valence-corrected chi connectivity index (χ3v) is 3.69. The van der Waals surface area contributed by atoms with Crippen LogP contribution >= 0.6 is 11.3 Å². The highest BCUT2D eigenvalue weighted by Crippen LogP contribution is 2.22. The van der Waals surface area contributed by atoms with Crippen LogP contribution in [0, 0.1) is 6.92 Å². The average molecular weight is 236 g/mol. The maximum absolute atomic E-state index is 4.28. The molecule has 0 aromatic carbocycles. The molecule has 0 aliphatic heterocycles. The quantitative estimate of drug-likeness (QED) is 0.878. The molecule has 0 amide bonds. The van der Waals surface area contributed by atoms with E-state index in [1.807, 2.05) is 36.7 Å². The molecule has 0 saturated carbocycles. The van der Waals surface area contributed by atoms with Gasteiger partial charge in [-0.05, 0) is 14.0 Å². The van der Waals surface area contributed by atoms with E-state index in [-0.39, 0.29) is 0 Å². The highest BCUT2D eigenvalue weighted by atomic mass is 32.1. The summed E-state index contributed by atoms with van der Waals surface area (Å²) in [6.07, 6.45) is 4.84. The number of aromatic nitrogens is 3. The summed E-state index contributed by atoms with van der Waals surface area (Å²) in [5.41, 5.74) is 4.35. The molecule has 2 rings (SSSR count). The van der Waals surface area contributed by atoms with E-state index >= 15 is 0 Å². The highest BCUT2D eigenvalue weighted by molar-refractivity contribution is 7.09. The second-order valence-corrected chi connectivity index (χ2v) is 4.79. The third kappa shape index (κ3) is 2.15. The molecule has 5 heteroatoms. The zero-order valence-corrected chi connectivity index (χ0v) is 10.6. The van der Waals surface area contributed by atoms with Crippen molar-refractivity contribution in [3.05, 3.63) is 34.0 Å². The molecule has 2 aromatic rings. The Kier molecular flexibility index (Phi) is 3.36. The van der Waals surface area contributed by atoms with Gasteiger partial charge in [0, 0.05) is 41.8 Å². The van der Waals surface area contributed by atoms with Gasteiger partial charge in [0.25, 0.3) is 0 Å². The lowest BCUT2D eigenvalue weighted by Crippen LogP contribution is -2.19. The molecule has 0 fully saturated rings. The first-order chi connectivity index (χ1) is 7.72. The van der Waals surface area contributed by atoms with Crippen molar-refractivity contribution < 1.29 is 0 Å². The van der Waals surface area contributed by atoms with Crippen molar-refractivity contribution in [3.8, 4) is 0 Å². The van der Waals surface area contributed by atoms with Crippen LogP contribution in [0.4, 0.5) is 0 Å². The van der Waals surface area contributed by atoms with E-state index in [1.54, 1.807) is 11.3 Å². The van der Waals surface area contributed by atoms with Crippen molar-refractivity contribution in [2.24, 2.45) is 7.05 Å².